The minimum absolute atomic E-state index is 0.0401. The van der Waals surface area contributed by atoms with Crippen LogP contribution in [0.25, 0.3) is 0 Å². The summed E-state index contributed by atoms with van der Waals surface area (Å²) in [6, 6.07) is 0. The number of rotatable bonds is 11. The normalized spacial score (nSPS) is 31.4. The molecule has 2 aliphatic rings. The number of amides is 2. The molecule has 0 aromatic heterocycles. The van der Waals surface area contributed by atoms with Crippen LogP contribution < -0.4 is 10.6 Å². The van der Waals surface area contributed by atoms with Crippen LogP contribution in [0, 0.1) is 5.92 Å². The lowest BCUT2D eigenvalue weighted by atomic mass is 10.0. The van der Waals surface area contributed by atoms with Crippen molar-refractivity contribution in [1.29, 1.82) is 0 Å². The standard InChI is InChI=1S/C20H36N2O6/c1-13(27-20-17(24)12-16(23)14(2)28-20)6-3-4-8-18(25)21-10-5-7-15-9-11-22-19(15)26/h13-17,20,23-24H,3-12H2,1-2H3,(H,21,25)(H,22,26)/t13-,14+,15?,16-,17-,20-/m1/s1. The summed E-state index contributed by atoms with van der Waals surface area (Å²) < 4.78 is 11.3. The van der Waals surface area contributed by atoms with Crippen LogP contribution in [-0.2, 0) is 19.1 Å². The minimum Gasteiger partial charge on any atom is -0.390 e. The predicted molar refractivity (Wildman–Crippen MR) is 103 cm³/mol. The van der Waals surface area contributed by atoms with Crippen LogP contribution in [-0.4, -0.2) is 65.8 Å². The van der Waals surface area contributed by atoms with Crippen molar-refractivity contribution < 1.29 is 29.3 Å². The molecule has 0 bridgehead atoms. The summed E-state index contributed by atoms with van der Waals surface area (Å²) in [6.45, 7) is 5.07. The highest BCUT2D eigenvalue weighted by molar-refractivity contribution is 5.80. The number of ether oxygens (including phenoxy) is 2. The van der Waals surface area contributed by atoms with Gasteiger partial charge in [0, 0.05) is 31.8 Å². The van der Waals surface area contributed by atoms with Gasteiger partial charge in [-0.2, -0.15) is 0 Å². The fraction of sp³-hybridized carbons (Fsp3) is 0.900. The second kappa shape index (κ2) is 11.7. The van der Waals surface area contributed by atoms with E-state index in [2.05, 4.69) is 10.6 Å². The van der Waals surface area contributed by atoms with Crippen molar-refractivity contribution in [3.63, 3.8) is 0 Å². The zero-order valence-corrected chi connectivity index (χ0v) is 17.1. The van der Waals surface area contributed by atoms with Gasteiger partial charge in [0.15, 0.2) is 6.29 Å². The molecule has 2 fully saturated rings. The van der Waals surface area contributed by atoms with E-state index in [1.165, 1.54) is 0 Å². The number of unbranched alkanes of at least 4 members (excludes halogenated alkanes) is 1. The summed E-state index contributed by atoms with van der Waals surface area (Å²) in [7, 11) is 0. The first-order valence-corrected chi connectivity index (χ1v) is 10.6. The second-order valence-corrected chi connectivity index (χ2v) is 8.04. The number of carbonyl (C=O) groups is 2. The molecule has 0 radical (unpaired) electrons. The van der Waals surface area contributed by atoms with Crippen LogP contribution in [0.15, 0.2) is 0 Å². The third kappa shape index (κ3) is 7.66. The Morgan fingerprint density at radius 1 is 1.32 bits per heavy atom. The highest BCUT2D eigenvalue weighted by Crippen LogP contribution is 2.23. The summed E-state index contributed by atoms with van der Waals surface area (Å²) in [5, 5.41) is 25.4. The minimum atomic E-state index is -0.824. The van der Waals surface area contributed by atoms with Crippen molar-refractivity contribution in [1.82, 2.24) is 10.6 Å². The van der Waals surface area contributed by atoms with Crippen molar-refractivity contribution in [3.8, 4) is 0 Å². The number of hydrogen-bond donors (Lipinski definition) is 4. The molecule has 0 saturated carbocycles. The van der Waals surface area contributed by atoms with Crippen molar-refractivity contribution in [2.45, 2.75) is 95.9 Å². The molecule has 2 rings (SSSR count). The van der Waals surface area contributed by atoms with E-state index in [0.29, 0.717) is 13.0 Å². The van der Waals surface area contributed by atoms with Gasteiger partial charge in [-0.15, -0.1) is 0 Å². The Hall–Kier alpha value is -1.22. The van der Waals surface area contributed by atoms with Crippen LogP contribution in [0.2, 0.25) is 0 Å². The van der Waals surface area contributed by atoms with E-state index >= 15 is 0 Å². The van der Waals surface area contributed by atoms with Crippen LogP contribution in [0.1, 0.15) is 65.2 Å². The van der Waals surface area contributed by atoms with Gasteiger partial charge >= 0.3 is 0 Å². The van der Waals surface area contributed by atoms with Gasteiger partial charge in [-0.1, -0.05) is 6.42 Å². The van der Waals surface area contributed by atoms with Gasteiger partial charge in [0.2, 0.25) is 11.8 Å². The topological polar surface area (TPSA) is 117 Å². The van der Waals surface area contributed by atoms with Gasteiger partial charge in [0.05, 0.1) is 18.3 Å². The van der Waals surface area contributed by atoms with Gasteiger partial charge in [0.25, 0.3) is 0 Å². The Labute approximate surface area is 167 Å². The van der Waals surface area contributed by atoms with Crippen molar-refractivity contribution in [2.24, 2.45) is 5.92 Å². The van der Waals surface area contributed by atoms with E-state index in [0.717, 1.165) is 45.1 Å². The lowest BCUT2D eigenvalue weighted by Gasteiger charge is -2.36. The summed E-state index contributed by atoms with van der Waals surface area (Å²) in [5.74, 6) is 0.286. The molecule has 2 saturated heterocycles. The van der Waals surface area contributed by atoms with E-state index in [1.807, 2.05) is 6.92 Å². The number of aliphatic hydroxyl groups is 2. The Bertz CT molecular complexity index is 503. The van der Waals surface area contributed by atoms with Crippen molar-refractivity contribution in [2.75, 3.05) is 13.1 Å². The van der Waals surface area contributed by atoms with E-state index in [4.69, 9.17) is 9.47 Å². The second-order valence-electron chi connectivity index (χ2n) is 8.04. The third-order valence-corrected chi connectivity index (χ3v) is 5.53. The predicted octanol–water partition coefficient (Wildman–Crippen LogP) is 0.841. The molecule has 2 amide bonds. The highest BCUT2D eigenvalue weighted by Gasteiger charge is 2.35. The van der Waals surface area contributed by atoms with E-state index in [-0.39, 0.29) is 36.4 Å². The quantitative estimate of drug-likeness (QED) is 0.382. The van der Waals surface area contributed by atoms with Crippen LogP contribution >= 0.6 is 0 Å². The SMILES string of the molecule is C[C@H](CCCCC(=O)NCCCC1CCNC1=O)O[C@@H]1O[C@@H](C)[C@H](O)C[C@H]1O. The van der Waals surface area contributed by atoms with E-state index in [1.54, 1.807) is 6.92 Å². The average Bonchev–Trinajstić information content (AvgIpc) is 3.05. The Balaban J connectivity index is 1.48. The summed E-state index contributed by atoms with van der Waals surface area (Å²) in [4.78, 5) is 23.3. The van der Waals surface area contributed by atoms with Crippen molar-refractivity contribution >= 4 is 11.8 Å². The maximum atomic E-state index is 11.9. The Kier molecular flexibility index (Phi) is 9.64. The average molecular weight is 401 g/mol. The molecule has 8 heteroatoms. The maximum absolute atomic E-state index is 11.9. The molecule has 0 aliphatic carbocycles. The van der Waals surface area contributed by atoms with E-state index < -0.39 is 18.5 Å². The molecule has 162 valence electrons. The first-order valence-electron chi connectivity index (χ1n) is 10.6. The summed E-state index contributed by atoms with van der Waals surface area (Å²) in [5.41, 5.74) is 0. The maximum Gasteiger partial charge on any atom is 0.223 e. The molecular formula is C20H36N2O6. The number of carbonyl (C=O) groups excluding carboxylic acids is 2. The van der Waals surface area contributed by atoms with Gasteiger partial charge in [-0.05, 0) is 46.0 Å². The molecular weight excluding hydrogens is 364 g/mol. The highest BCUT2D eigenvalue weighted by atomic mass is 16.7. The molecule has 0 aromatic rings. The molecule has 2 aliphatic heterocycles. The summed E-state index contributed by atoms with van der Waals surface area (Å²) >= 11 is 0. The van der Waals surface area contributed by atoms with Gasteiger partial charge in [0.1, 0.15) is 6.10 Å². The third-order valence-electron chi connectivity index (χ3n) is 5.53. The van der Waals surface area contributed by atoms with Gasteiger partial charge < -0.3 is 30.3 Å². The zero-order chi connectivity index (χ0) is 20.5. The monoisotopic (exact) mass is 400 g/mol. The van der Waals surface area contributed by atoms with Crippen LogP contribution in [0.3, 0.4) is 0 Å². The summed E-state index contributed by atoms with van der Waals surface area (Å²) in [6.07, 6.45) is 3.01. The Morgan fingerprint density at radius 3 is 2.82 bits per heavy atom. The van der Waals surface area contributed by atoms with E-state index in [9.17, 15) is 19.8 Å². The first-order chi connectivity index (χ1) is 13.4. The molecule has 0 aromatic carbocycles. The largest absolute Gasteiger partial charge is 0.390 e. The molecule has 1 unspecified atom stereocenters. The molecule has 6 atom stereocenters. The van der Waals surface area contributed by atoms with Gasteiger partial charge in [-0.3, -0.25) is 9.59 Å². The fourth-order valence-electron chi connectivity index (χ4n) is 3.67. The number of nitrogens with one attached hydrogen (secondary N) is 2. The fourth-order valence-corrected chi connectivity index (χ4v) is 3.67. The lowest BCUT2D eigenvalue weighted by molar-refractivity contribution is -0.273. The molecule has 8 nitrogen and oxygen atoms in total. The zero-order valence-electron chi connectivity index (χ0n) is 17.1. The smallest absolute Gasteiger partial charge is 0.223 e. The molecule has 2 heterocycles. The Morgan fingerprint density at radius 2 is 2.11 bits per heavy atom. The molecule has 0 spiro atoms. The van der Waals surface area contributed by atoms with Gasteiger partial charge in [-0.25, -0.2) is 0 Å². The first kappa shape index (κ1) is 23.1. The van der Waals surface area contributed by atoms with Crippen LogP contribution in [0.5, 0.6) is 0 Å². The van der Waals surface area contributed by atoms with Crippen molar-refractivity contribution in [3.05, 3.63) is 0 Å². The number of aliphatic hydroxyl groups excluding tert-OH is 2. The molecule has 28 heavy (non-hydrogen) atoms. The van der Waals surface area contributed by atoms with Crippen LogP contribution in [0.4, 0.5) is 0 Å². The number of hydrogen-bond acceptors (Lipinski definition) is 6. The lowest BCUT2D eigenvalue weighted by Crippen LogP contribution is -2.48. The molecule has 4 N–H and O–H groups in total.